The first-order valence-electron chi connectivity index (χ1n) is 4.63. The largest absolute Gasteiger partial charge is 0.325 e. The van der Waals surface area contributed by atoms with Crippen molar-refractivity contribution in [3.8, 4) is 0 Å². The SMILES string of the molecule is Ic1ncn(CC2CCCC2)c1I. The first kappa shape index (κ1) is 10.2. The highest BCUT2D eigenvalue weighted by Gasteiger charge is 2.16. The molecule has 0 aromatic carbocycles. The van der Waals surface area contributed by atoms with Crippen molar-refractivity contribution >= 4 is 45.2 Å². The number of rotatable bonds is 2. The Morgan fingerprint density at radius 2 is 2.08 bits per heavy atom. The third-order valence-corrected chi connectivity index (χ3v) is 5.61. The molecule has 0 unspecified atom stereocenters. The molecule has 2 rings (SSSR count). The Labute approximate surface area is 106 Å². The van der Waals surface area contributed by atoms with Gasteiger partial charge in [-0.1, -0.05) is 12.8 Å². The molecule has 72 valence electrons. The van der Waals surface area contributed by atoms with Crippen LogP contribution in [0.4, 0.5) is 0 Å². The molecule has 0 saturated heterocycles. The van der Waals surface area contributed by atoms with Crippen LogP contribution in [-0.2, 0) is 6.54 Å². The van der Waals surface area contributed by atoms with E-state index in [1.807, 2.05) is 6.33 Å². The van der Waals surface area contributed by atoms with Crippen molar-refractivity contribution in [3.63, 3.8) is 0 Å². The lowest BCUT2D eigenvalue weighted by Gasteiger charge is -2.10. The van der Waals surface area contributed by atoms with E-state index in [0.29, 0.717) is 0 Å². The number of nitrogens with zero attached hydrogens (tertiary/aromatic N) is 2. The van der Waals surface area contributed by atoms with E-state index in [2.05, 4.69) is 54.7 Å². The molecule has 0 bridgehead atoms. The summed E-state index contributed by atoms with van der Waals surface area (Å²) in [6.45, 7) is 1.17. The second-order valence-corrected chi connectivity index (χ2v) is 5.67. The normalized spacial score (nSPS) is 18.3. The minimum atomic E-state index is 0.901. The Bertz CT molecular complexity index is 290. The van der Waals surface area contributed by atoms with Crippen LogP contribution in [0.15, 0.2) is 6.33 Å². The number of hydrogen-bond donors (Lipinski definition) is 0. The zero-order chi connectivity index (χ0) is 9.26. The van der Waals surface area contributed by atoms with Gasteiger partial charge in [-0.15, -0.1) is 0 Å². The van der Waals surface area contributed by atoms with E-state index >= 15 is 0 Å². The van der Waals surface area contributed by atoms with Gasteiger partial charge >= 0.3 is 0 Å². The summed E-state index contributed by atoms with van der Waals surface area (Å²) in [5, 5.41) is 0. The van der Waals surface area contributed by atoms with E-state index in [0.717, 1.165) is 9.62 Å². The molecule has 0 N–H and O–H groups in total. The molecular formula is C9H12I2N2. The number of hydrogen-bond acceptors (Lipinski definition) is 1. The average Bonchev–Trinajstić information content (AvgIpc) is 2.71. The van der Waals surface area contributed by atoms with Crippen LogP contribution in [0.5, 0.6) is 0 Å². The second kappa shape index (κ2) is 4.46. The maximum Gasteiger partial charge on any atom is 0.132 e. The summed E-state index contributed by atoms with van der Waals surface area (Å²) >= 11 is 4.67. The Morgan fingerprint density at radius 3 is 2.62 bits per heavy atom. The van der Waals surface area contributed by atoms with Crippen molar-refractivity contribution in [1.82, 2.24) is 9.55 Å². The van der Waals surface area contributed by atoms with E-state index in [4.69, 9.17) is 0 Å². The van der Waals surface area contributed by atoms with Crippen molar-refractivity contribution in [2.45, 2.75) is 32.2 Å². The van der Waals surface area contributed by atoms with Crippen LogP contribution in [0.2, 0.25) is 0 Å². The van der Waals surface area contributed by atoms with Crippen LogP contribution in [0, 0.1) is 13.3 Å². The van der Waals surface area contributed by atoms with Gasteiger partial charge in [-0.3, -0.25) is 0 Å². The summed E-state index contributed by atoms with van der Waals surface area (Å²) < 4.78 is 4.72. The molecule has 4 heteroatoms. The Morgan fingerprint density at radius 1 is 1.38 bits per heavy atom. The zero-order valence-corrected chi connectivity index (χ0v) is 11.7. The fourth-order valence-electron chi connectivity index (χ4n) is 1.94. The van der Waals surface area contributed by atoms with Crippen LogP contribution in [-0.4, -0.2) is 9.55 Å². The molecule has 1 saturated carbocycles. The molecule has 1 fully saturated rings. The Balaban J connectivity index is 2.04. The van der Waals surface area contributed by atoms with Gasteiger partial charge < -0.3 is 4.57 Å². The number of imidazole rings is 1. The molecule has 0 atom stereocenters. The molecule has 0 aliphatic heterocycles. The van der Waals surface area contributed by atoms with Gasteiger partial charge in [0.2, 0.25) is 0 Å². The van der Waals surface area contributed by atoms with Gasteiger partial charge in [0, 0.05) is 6.54 Å². The van der Waals surface area contributed by atoms with Crippen LogP contribution in [0.1, 0.15) is 25.7 Å². The molecular weight excluding hydrogens is 390 g/mol. The minimum Gasteiger partial charge on any atom is -0.325 e. The number of aromatic nitrogens is 2. The fourth-order valence-corrected chi connectivity index (χ4v) is 2.84. The predicted molar refractivity (Wildman–Crippen MR) is 69.6 cm³/mol. The molecule has 1 aliphatic carbocycles. The van der Waals surface area contributed by atoms with E-state index in [1.165, 1.54) is 35.9 Å². The highest BCUT2D eigenvalue weighted by molar-refractivity contribution is 14.1. The Kier molecular flexibility index (Phi) is 3.50. The molecule has 1 aromatic rings. The molecule has 0 spiro atoms. The van der Waals surface area contributed by atoms with E-state index < -0.39 is 0 Å². The first-order valence-corrected chi connectivity index (χ1v) is 6.79. The topological polar surface area (TPSA) is 17.8 Å². The monoisotopic (exact) mass is 402 g/mol. The zero-order valence-electron chi connectivity index (χ0n) is 7.34. The smallest absolute Gasteiger partial charge is 0.132 e. The fraction of sp³-hybridized carbons (Fsp3) is 0.667. The highest BCUT2D eigenvalue weighted by Crippen LogP contribution is 2.27. The van der Waals surface area contributed by atoms with Crippen molar-refractivity contribution < 1.29 is 0 Å². The predicted octanol–water partition coefficient (Wildman–Crippen LogP) is 3.28. The molecule has 0 radical (unpaired) electrons. The average molecular weight is 402 g/mol. The minimum absolute atomic E-state index is 0.901. The highest BCUT2D eigenvalue weighted by atomic mass is 127. The van der Waals surface area contributed by atoms with Crippen LogP contribution in [0.3, 0.4) is 0 Å². The van der Waals surface area contributed by atoms with Crippen molar-refractivity contribution in [2.24, 2.45) is 5.92 Å². The molecule has 1 heterocycles. The van der Waals surface area contributed by atoms with Gasteiger partial charge in [0.1, 0.15) is 7.40 Å². The molecule has 2 nitrogen and oxygen atoms in total. The van der Waals surface area contributed by atoms with Gasteiger partial charge in [0.15, 0.2) is 0 Å². The summed E-state index contributed by atoms with van der Waals surface area (Å²) in [4.78, 5) is 4.30. The lowest BCUT2D eigenvalue weighted by atomic mass is 10.1. The molecule has 13 heavy (non-hydrogen) atoms. The summed E-state index contributed by atoms with van der Waals surface area (Å²) in [5.74, 6) is 0.901. The van der Waals surface area contributed by atoms with Gasteiger partial charge in [-0.25, -0.2) is 4.98 Å². The summed E-state index contributed by atoms with van der Waals surface area (Å²) in [5.41, 5.74) is 0. The quantitative estimate of drug-likeness (QED) is 0.695. The standard InChI is InChI=1S/C9H12I2N2/c10-8-9(11)13(6-12-8)5-7-3-1-2-4-7/h6-7H,1-5H2. The van der Waals surface area contributed by atoms with Crippen molar-refractivity contribution in [2.75, 3.05) is 0 Å². The van der Waals surface area contributed by atoms with Crippen molar-refractivity contribution in [1.29, 1.82) is 0 Å². The van der Waals surface area contributed by atoms with Crippen LogP contribution >= 0.6 is 45.2 Å². The maximum atomic E-state index is 4.30. The summed E-state index contributed by atoms with van der Waals surface area (Å²) in [7, 11) is 0. The van der Waals surface area contributed by atoms with E-state index in [-0.39, 0.29) is 0 Å². The summed E-state index contributed by atoms with van der Waals surface area (Å²) in [6, 6.07) is 0. The second-order valence-electron chi connectivity index (χ2n) is 3.63. The van der Waals surface area contributed by atoms with Crippen molar-refractivity contribution in [3.05, 3.63) is 13.7 Å². The molecule has 1 aromatic heterocycles. The lowest BCUT2D eigenvalue weighted by Crippen LogP contribution is -2.07. The summed E-state index contributed by atoms with van der Waals surface area (Å²) in [6.07, 6.45) is 7.64. The van der Waals surface area contributed by atoms with Crippen LogP contribution < -0.4 is 0 Å². The number of halogens is 2. The van der Waals surface area contributed by atoms with Gasteiger partial charge in [-0.05, 0) is 63.9 Å². The maximum absolute atomic E-state index is 4.30. The molecule has 1 aliphatic rings. The third-order valence-electron chi connectivity index (χ3n) is 2.66. The van der Waals surface area contributed by atoms with Gasteiger partial charge in [-0.2, -0.15) is 0 Å². The van der Waals surface area contributed by atoms with Gasteiger partial charge in [0.05, 0.1) is 6.33 Å². The van der Waals surface area contributed by atoms with Gasteiger partial charge in [0.25, 0.3) is 0 Å². The Hall–Kier alpha value is 0.670. The first-order chi connectivity index (χ1) is 6.27. The lowest BCUT2D eigenvalue weighted by molar-refractivity contribution is 0.452. The third kappa shape index (κ3) is 2.37. The van der Waals surface area contributed by atoms with E-state index in [1.54, 1.807) is 0 Å². The van der Waals surface area contributed by atoms with Crippen LogP contribution in [0.25, 0.3) is 0 Å². The molecule has 0 amide bonds. The van der Waals surface area contributed by atoms with E-state index in [9.17, 15) is 0 Å².